The van der Waals surface area contributed by atoms with E-state index >= 15 is 0 Å². The Balaban J connectivity index is 2.69. The smallest absolute Gasteiger partial charge is 0.412 e. The number of carbonyl (C=O) groups is 1. The van der Waals surface area contributed by atoms with E-state index in [0.29, 0.717) is 30.3 Å². The van der Waals surface area contributed by atoms with E-state index in [4.69, 9.17) is 4.74 Å². The molecule has 0 spiro atoms. The van der Waals surface area contributed by atoms with Crippen molar-refractivity contribution in [1.29, 1.82) is 0 Å². The summed E-state index contributed by atoms with van der Waals surface area (Å²) >= 11 is 0. The van der Waals surface area contributed by atoms with Gasteiger partial charge in [-0.25, -0.2) is 14.8 Å². The molecule has 1 heterocycles. The first kappa shape index (κ1) is 28.3. The molecule has 0 saturated carbocycles. The van der Waals surface area contributed by atoms with Crippen molar-refractivity contribution in [2.75, 3.05) is 25.4 Å². The average Bonchev–Trinajstić information content (AvgIpc) is 2.79. The molecule has 0 saturated heterocycles. The van der Waals surface area contributed by atoms with Gasteiger partial charge in [0.15, 0.2) is 0 Å². The number of ether oxygens (including phenoxy) is 1. The zero-order valence-corrected chi connectivity index (χ0v) is 21.6. The van der Waals surface area contributed by atoms with Crippen LogP contribution in [-0.4, -0.2) is 52.8 Å². The van der Waals surface area contributed by atoms with Crippen molar-refractivity contribution in [3.05, 3.63) is 49.3 Å². The summed E-state index contributed by atoms with van der Waals surface area (Å²) in [6, 6.07) is 5.78. The molecule has 178 valence electrons. The molecule has 1 amide bonds. The quantitative estimate of drug-likeness (QED) is 0.104. The molecule has 0 aliphatic heterocycles. The van der Waals surface area contributed by atoms with Gasteiger partial charge in [-0.05, 0) is 68.3 Å². The molecule has 0 aliphatic rings. The minimum absolute atomic E-state index is 0.130. The molecule has 1 atom stereocenters. The topological polar surface area (TPSA) is 66.8 Å². The number of carbonyl (C=O) groups excluding carboxylic acids is 1. The summed E-state index contributed by atoms with van der Waals surface area (Å²) in [7, 11) is 3.16. The number of nitrogens with zero attached hydrogens (tertiary/aromatic N) is 3. The first-order valence-corrected chi connectivity index (χ1v) is 13.5. The first-order chi connectivity index (χ1) is 15.4. The fraction of sp³-hybridized carbons (Fsp3) is 0.542. The summed E-state index contributed by atoms with van der Waals surface area (Å²) in [5, 5.41) is 3.78. The third-order valence-corrected chi connectivity index (χ3v) is 7.23. The third-order valence-electron chi connectivity index (χ3n) is 5.00. The number of rotatable bonds is 15. The summed E-state index contributed by atoms with van der Waals surface area (Å²) in [6.07, 6.45) is 6.52. The number of aromatic nitrogens is 1. The Morgan fingerprint density at radius 1 is 1.31 bits per heavy atom. The monoisotopic (exact) mass is 478 g/mol. The van der Waals surface area contributed by atoms with Gasteiger partial charge in [0.1, 0.15) is 17.5 Å². The number of nitrogens with one attached hydrogen (secondary N) is 1. The van der Waals surface area contributed by atoms with Gasteiger partial charge in [0, 0.05) is 23.9 Å². The van der Waals surface area contributed by atoms with Gasteiger partial charge < -0.3 is 4.74 Å². The maximum absolute atomic E-state index is 12.4. The fourth-order valence-corrected chi connectivity index (χ4v) is 4.87. The van der Waals surface area contributed by atoms with Crippen molar-refractivity contribution < 1.29 is 9.53 Å². The normalized spacial score (nSPS) is 13.5. The minimum atomic E-state index is -0.500. The second-order valence-corrected chi connectivity index (χ2v) is 10.0. The van der Waals surface area contributed by atoms with E-state index in [0.717, 1.165) is 37.4 Å². The molecular formula is C24H38N4O2S2. The van der Waals surface area contributed by atoms with Crippen LogP contribution in [-0.2, 0) is 4.74 Å². The molecule has 0 radical (unpaired) electrons. The zero-order chi connectivity index (χ0) is 23.8. The van der Waals surface area contributed by atoms with E-state index in [2.05, 4.69) is 61.0 Å². The number of allylic oxidation sites excluding steroid dienone is 1. The van der Waals surface area contributed by atoms with Crippen LogP contribution >= 0.6 is 21.6 Å². The van der Waals surface area contributed by atoms with Gasteiger partial charge in [0.25, 0.3) is 0 Å². The average molecular weight is 479 g/mol. The Kier molecular flexibility index (Phi) is 14.1. The molecule has 1 unspecified atom stereocenters. The summed E-state index contributed by atoms with van der Waals surface area (Å²) in [6.45, 7) is 18.7. The van der Waals surface area contributed by atoms with Crippen LogP contribution < -0.4 is 5.32 Å². The third kappa shape index (κ3) is 10.7. The molecule has 1 aromatic rings. The molecule has 1 N–H and O–H groups in total. The van der Waals surface area contributed by atoms with Crippen molar-refractivity contribution in [3.63, 3.8) is 0 Å². The van der Waals surface area contributed by atoms with E-state index in [1.807, 2.05) is 18.2 Å². The highest BCUT2D eigenvalue weighted by Gasteiger charge is 2.31. The van der Waals surface area contributed by atoms with Crippen molar-refractivity contribution >= 4 is 33.5 Å². The standard InChI is InChI=1S/C24H38N4O2S2/c1-7-15-28(16-8-2)24(6,10-4)19-21(26-20(5)9-3)27-23(29)30-17-18-31-32-22-13-11-12-14-25-22/h9,11-14H,3,5,7-8,10,15-19H2,1-2,4,6H3,(H,26,27,29). The molecule has 1 aromatic heterocycles. The van der Waals surface area contributed by atoms with E-state index in [1.54, 1.807) is 33.9 Å². The van der Waals surface area contributed by atoms with Gasteiger partial charge >= 0.3 is 6.09 Å². The van der Waals surface area contributed by atoms with Crippen molar-refractivity contribution in [3.8, 4) is 0 Å². The summed E-state index contributed by atoms with van der Waals surface area (Å²) < 4.78 is 5.37. The van der Waals surface area contributed by atoms with E-state index in [-0.39, 0.29) is 5.54 Å². The van der Waals surface area contributed by atoms with Crippen LogP contribution in [0.25, 0.3) is 0 Å². The highest BCUT2D eigenvalue weighted by Crippen LogP contribution is 2.28. The Morgan fingerprint density at radius 2 is 2.03 bits per heavy atom. The van der Waals surface area contributed by atoms with Gasteiger partial charge in [-0.2, -0.15) is 0 Å². The predicted molar refractivity (Wildman–Crippen MR) is 139 cm³/mol. The Hall–Kier alpha value is -1.77. The number of alkyl carbamates (subject to hydrolysis) is 1. The summed E-state index contributed by atoms with van der Waals surface area (Å²) in [5.41, 5.74) is 0.382. The van der Waals surface area contributed by atoms with Crippen molar-refractivity contribution in [1.82, 2.24) is 15.2 Å². The number of pyridine rings is 1. The first-order valence-electron chi connectivity index (χ1n) is 11.2. The van der Waals surface area contributed by atoms with Gasteiger partial charge in [-0.1, -0.05) is 50.8 Å². The molecule has 0 aliphatic carbocycles. The SMILES string of the molecule is C=CC(=C)N=C(CC(C)(CC)N(CCC)CCC)NC(=O)OCCSSc1ccccn1. The predicted octanol–water partition coefficient (Wildman–Crippen LogP) is 6.33. The summed E-state index contributed by atoms with van der Waals surface area (Å²) in [5.74, 6) is 1.21. The number of amidine groups is 1. The Labute approximate surface area is 201 Å². The number of amides is 1. The molecule has 0 fully saturated rings. The van der Waals surface area contributed by atoms with Crippen molar-refractivity contribution in [2.45, 2.75) is 63.9 Å². The van der Waals surface area contributed by atoms with Crippen LogP contribution in [0.5, 0.6) is 0 Å². The molecular weight excluding hydrogens is 440 g/mol. The lowest BCUT2D eigenvalue weighted by Gasteiger charge is -2.41. The Morgan fingerprint density at radius 3 is 2.59 bits per heavy atom. The highest BCUT2D eigenvalue weighted by molar-refractivity contribution is 8.76. The van der Waals surface area contributed by atoms with Crippen LogP contribution in [0.2, 0.25) is 0 Å². The molecule has 32 heavy (non-hydrogen) atoms. The number of hydrogen-bond acceptors (Lipinski definition) is 7. The lowest BCUT2D eigenvalue weighted by atomic mass is 9.90. The lowest BCUT2D eigenvalue weighted by molar-refractivity contribution is 0.104. The minimum Gasteiger partial charge on any atom is -0.448 e. The number of aliphatic imine (C=N–C) groups is 1. The van der Waals surface area contributed by atoms with E-state index < -0.39 is 6.09 Å². The lowest BCUT2D eigenvalue weighted by Crippen LogP contribution is -2.50. The van der Waals surface area contributed by atoms with Gasteiger partial charge in [0.2, 0.25) is 0 Å². The van der Waals surface area contributed by atoms with Gasteiger partial charge in [-0.3, -0.25) is 10.2 Å². The number of hydrogen-bond donors (Lipinski definition) is 1. The maximum atomic E-state index is 12.4. The zero-order valence-electron chi connectivity index (χ0n) is 19.9. The summed E-state index contributed by atoms with van der Waals surface area (Å²) in [4.78, 5) is 23.7. The van der Waals surface area contributed by atoms with E-state index in [1.165, 1.54) is 0 Å². The highest BCUT2D eigenvalue weighted by atomic mass is 33.1. The fourth-order valence-electron chi connectivity index (χ4n) is 3.16. The maximum Gasteiger partial charge on any atom is 0.412 e. The van der Waals surface area contributed by atoms with E-state index in [9.17, 15) is 4.79 Å². The largest absolute Gasteiger partial charge is 0.448 e. The molecule has 1 rings (SSSR count). The van der Waals surface area contributed by atoms with Gasteiger partial charge in [0.05, 0.1) is 5.70 Å². The van der Waals surface area contributed by atoms with Crippen LogP contribution in [0.3, 0.4) is 0 Å². The van der Waals surface area contributed by atoms with Crippen molar-refractivity contribution in [2.24, 2.45) is 4.99 Å². The molecule has 0 aromatic carbocycles. The second kappa shape index (κ2) is 15.9. The molecule has 6 nitrogen and oxygen atoms in total. The van der Waals surface area contributed by atoms with Crippen LogP contribution in [0.4, 0.5) is 4.79 Å². The second-order valence-electron chi connectivity index (χ2n) is 7.60. The molecule has 8 heteroatoms. The van der Waals surface area contributed by atoms with Crippen LogP contribution in [0.15, 0.2) is 59.3 Å². The Bertz CT molecular complexity index is 737. The van der Waals surface area contributed by atoms with Gasteiger partial charge in [-0.15, -0.1) is 0 Å². The van der Waals surface area contributed by atoms with Crippen LogP contribution in [0, 0.1) is 0 Å². The molecule has 0 bridgehead atoms. The van der Waals surface area contributed by atoms with Crippen LogP contribution in [0.1, 0.15) is 53.4 Å².